The van der Waals surface area contributed by atoms with Crippen LogP contribution in [0.3, 0.4) is 0 Å². The summed E-state index contributed by atoms with van der Waals surface area (Å²) < 4.78 is 0. The number of carboxylic acid groups (broad SMARTS) is 1. The molecule has 0 spiro atoms. The number of hydroxylamine groups is 2. The van der Waals surface area contributed by atoms with E-state index in [9.17, 15) is 19.2 Å². The molecular formula is C22H41NO6S4. The lowest BCUT2D eigenvalue weighted by atomic mass is 10.1. The number of hydrogen-bond acceptors (Lipinski definition) is 9. The van der Waals surface area contributed by atoms with Crippen molar-refractivity contribution in [1.29, 1.82) is 0 Å². The maximum atomic E-state index is 11.6. The Morgan fingerprint density at radius 2 is 1.27 bits per heavy atom. The van der Waals surface area contributed by atoms with Gasteiger partial charge in [-0.25, -0.2) is 4.79 Å². The number of hydrogen-bond donors (Lipinski definition) is 1. The van der Waals surface area contributed by atoms with Crippen LogP contribution in [0.15, 0.2) is 0 Å². The molecule has 1 fully saturated rings. The molecular weight excluding hydrogens is 503 g/mol. The number of amides is 2. The molecule has 0 aromatic heterocycles. The third-order valence-electron chi connectivity index (χ3n) is 4.40. The molecule has 7 nitrogen and oxygen atoms in total. The summed E-state index contributed by atoms with van der Waals surface area (Å²) in [6, 6.07) is 0. The molecule has 2 amide bonds. The standard InChI is InChI=1S/C12H19NO4S2.C8H16O2S2.C2H6/c1-8(2)9(19-18-3)4-7-12(16)17-13-10(14)5-6-11(13)15;1-6(2)7(12-11-3)4-5-8(9)10;1-2/h8-9H,4-7H2,1-3H3;6-7H,4-5H2,1-3H3,(H,9,10);1-2H3. The fourth-order valence-corrected chi connectivity index (χ4v) is 7.32. The van der Waals surface area contributed by atoms with Gasteiger partial charge in [0.15, 0.2) is 0 Å². The summed E-state index contributed by atoms with van der Waals surface area (Å²) in [5.41, 5.74) is 0. The largest absolute Gasteiger partial charge is 0.481 e. The number of rotatable bonds is 13. The van der Waals surface area contributed by atoms with E-state index in [1.807, 2.05) is 26.4 Å². The van der Waals surface area contributed by atoms with Crippen molar-refractivity contribution < 1.29 is 29.1 Å². The van der Waals surface area contributed by atoms with Crippen LogP contribution in [0.4, 0.5) is 0 Å². The summed E-state index contributed by atoms with van der Waals surface area (Å²) >= 11 is 0. The van der Waals surface area contributed by atoms with Gasteiger partial charge in [0.05, 0.1) is 0 Å². The van der Waals surface area contributed by atoms with Gasteiger partial charge in [-0.2, -0.15) is 0 Å². The van der Waals surface area contributed by atoms with Gasteiger partial charge in [0, 0.05) is 36.2 Å². The highest BCUT2D eigenvalue weighted by Crippen LogP contribution is 2.33. The minimum absolute atomic E-state index is 0.128. The van der Waals surface area contributed by atoms with Crippen molar-refractivity contribution in [1.82, 2.24) is 5.06 Å². The second-order valence-electron chi connectivity index (χ2n) is 7.61. The average molecular weight is 544 g/mol. The van der Waals surface area contributed by atoms with Gasteiger partial charge in [0.25, 0.3) is 11.8 Å². The Kier molecular flexibility index (Phi) is 21.9. The van der Waals surface area contributed by atoms with Gasteiger partial charge in [-0.05, 0) is 37.2 Å². The van der Waals surface area contributed by atoms with Gasteiger partial charge < -0.3 is 9.94 Å². The molecule has 2 unspecified atom stereocenters. The van der Waals surface area contributed by atoms with Crippen LogP contribution in [0.2, 0.25) is 0 Å². The molecule has 1 aliphatic rings. The summed E-state index contributed by atoms with van der Waals surface area (Å²) in [6.45, 7) is 12.5. The van der Waals surface area contributed by atoms with Crippen LogP contribution in [-0.4, -0.2) is 56.9 Å². The molecule has 1 saturated heterocycles. The van der Waals surface area contributed by atoms with Crippen LogP contribution in [-0.2, 0) is 24.0 Å². The molecule has 0 aromatic carbocycles. The third kappa shape index (κ3) is 16.7. The van der Waals surface area contributed by atoms with E-state index in [-0.39, 0.29) is 25.7 Å². The zero-order chi connectivity index (χ0) is 26.0. The number of imide groups is 1. The van der Waals surface area contributed by atoms with Crippen LogP contribution in [0.25, 0.3) is 0 Å². The Hall–Kier alpha value is -0.520. The van der Waals surface area contributed by atoms with E-state index in [1.165, 1.54) is 0 Å². The molecule has 1 rings (SSSR count). The number of carbonyl (C=O) groups excluding carboxylic acids is 3. The monoisotopic (exact) mass is 543 g/mol. The minimum Gasteiger partial charge on any atom is -0.481 e. The van der Waals surface area contributed by atoms with Gasteiger partial charge in [-0.1, -0.05) is 84.7 Å². The Bertz CT molecular complexity index is 573. The zero-order valence-corrected chi connectivity index (χ0v) is 24.4. The van der Waals surface area contributed by atoms with E-state index in [0.717, 1.165) is 6.42 Å². The fraction of sp³-hybridized carbons (Fsp3) is 0.818. The minimum atomic E-state index is -0.692. The summed E-state index contributed by atoms with van der Waals surface area (Å²) in [4.78, 5) is 49.4. The van der Waals surface area contributed by atoms with E-state index >= 15 is 0 Å². The van der Waals surface area contributed by atoms with Gasteiger partial charge in [0.2, 0.25) is 0 Å². The summed E-state index contributed by atoms with van der Waals surface area (Å²) in [7, 11) is 6.89. The van der Waals surface area contributed by atoms with E-state index in [2.05, 4.69) is 27.7 Å². The molecule has 1 heterocycles. The van der Waals surface area contributed by atoms with E-state index in [4.69, 9.17) is 9.94 Å². The SMILES string of the molecule is CC.CSSC(CCC(=O)O)C(C)C.CSSC(CCC(=O)ON1C(=O)CCC1=O)C(C)C. The maximum absolute atomic E-state index is 11.6. The highest BCUT2D eigenvalue weighted by Gasteiger charge is 2.32. The maximum Gasteiger partial charge on any atom is 0.333 e. The van der Waals surface area contributed by atoms with Gasteiger partial charge in [-0.3, -0.25) is 14.4 Å². The summed E-state index contributed by atoms with van der Waals surface area (Å²) in [5, 5.41) is 9.92. The number of aliphatic carboxylic acids is 1. The summed E-state index contributed by atoms with van der Waals surface area (Å²) in [5.74, 6) is -1.06. The summed E-state index contributed by atoms with van der Waals surface area (Å²) in [6.07, 6.45) is 6.24. The number of carboxylic acids is 1. The Balaban J connectivity index is 0. The van der Waals surface area contributed by atoms with Crippen molar-refractivity contribution in [2.75, 3.05) is 12.5 Å². The van der Waals surface area contributed by atoms with E-state index < -0.39 is 23.8 Å². The highest BCUT2D eigenvalue weighted by molar-refractivity contribution is 8.77. The second kappa shape index (κ2) is 20.8. The topological polar surface area (TPSA) is 101 Å². The molecule has 0 aliphatic carbocycles. The normalized spacial score (nSPS) is 14.9. The first-order valence-electron chi connectivity index (χ1n) is 11.2. The molecule has 0 radical (unpaired) electrons. The Labute approximate surface area is 215 Å². The lowest BCUT2D eigenvalue weighted by molar-refractivity contribution is -0.197. The zero-order valence-electron chi connectivity index (χ0n) is 21.1. The Morgan fingerprint density at radius 3 is 1.61 bits per heavy atom. The van der Waals surface area contributed by atoms with Gasteiger partial charge in [-0.15, -0.1) is 5.06 Å². The predicted molar refractivity (Wildman–Crippen MR) is 144 cm³/mol. The molecule has 1 aliphatic heterocycles. The van der Waals surface area contributed by atoms with Crippen molar-refractivity contribution in [2.24, 2.45) is 11.8 Å². The van der Waals surface area contributed by atoms with Crippen molar-refractivity contribution in [2.45, 2.75) is 90.6 Å². The second-order valence-corrected chi connectivity index (χ2v) is 13.0. The first-order valence-corrected chi connectivity index (χ1v) is 16.4. The molecule has 0 saturated carbocycles. The molecule has 0 bridgehead atoms. The van der Waals surface area contributed by atoms with Crippen LogP contribution >= 0.6 is 43.2 Å². The first-order chi connectivity index (χ1) is 15.5. The van der Waals surface area contributed by atoms with Crippen molar-refractivity contribution in [3.63, 3.8) is 0 Å². The number of carbonyl (C=O) groups is 4. The van der Waals surface area contributed by atoms with Crippen LogP contribution < -0.4 is 0 Å². The fourth-order valence-electron chi connectivity index (χ4n) is 2.56. The van der Waals surface area contributed by atoms with Crippen molar-refractivity contribution >= 4 is 66.9 Å². The van der Waals surface area contributed by atoms with Gasteiger partial charge in [0.1, 0.15) is 0 Å². The van der Waals surface area contributed by atoms with E-state index in [0.29, 0.717) is 33.8 Å². The van der Waals surface area contributed by atoms with Crippen molar-refractivity contribution in [3.8, 4) is 0 Å². The molecule has 11 heteroatoms. The van der Waals surface area contributed by atoms with Crippen molar-refractivity contribution in [3.05, 3.63) is 0 Å². The Morgan fingerprint density at radius 1 is 0.879 bits per heavy atom. The molecule has 2 atom stereocenters. The molecule has 1 N–H and O–H groups in total. The van der Waals surface area contributed by atoms with Crippen LogP contribution in [0, 0.1) is 11.8 Å². The van der Waals surface area contributed by atoms with Crippen LogP contribution in [0.5, 0.6) is 0 Å². The third-order valence-corrected chi connectivity index (χ3v) is 9.48. The van der Waals surface area contributed by atoms with E-state index in [1.54, 1.807) is 43.2 Å². The average Bonchev–Trinajstić information content (AvgIpc) is 3.07. The molecule has 0 aromatic rings. The number of nitrogens with zero attached hydrogens (tertiary/aromatic N) is 1. The molecule has 194 valence electrons. The lowest BCUT2D eigenvalue weighted by Crippen LogP contribution is -2.32. The van der Waals surface area contributed by atoms with Gasteiger partial charge >= 0.3 is 11.9 Å². The smallest absolute Gasteiger partial charge is 0.333 e. The molecule has 33 heavy (non-hydrogen) atoms. The first kappa shape index (κ1) is 34.6. The van der Waals surface area contributed by atoms with Crippen LogP contribution in [0.1, 0.15) is 80.1 Å². The quantitative estimate of drug-likeness (QED) is 0.210. The predicted octanol–water partition coefficient (Wildman–Crippen LogP) is 6.32. The lowest BCUT2D eigenvalue weighted by Gasteiger charge is -2.19. The highest BCUT2D eigenvalue weighted by atomic mass is 33.1.